The fourth-order valence-corrected chi connectivity index (χ4v) is 2.08. The van der Waals surface area contributed by atoms with E-state index < -0.39 is 0 Å². The molecule has 0 radical (unpaired) electrons. The molecule has 2 heteroatoms. The maximum Gasteiger partial charge on any atom is 0.0612 e. The Balaban J connectivity index is 2.55. The molecule has 0 atom stereocenters. The van der Waals surface area contributed by atoms with Crippen molar-refractivity contribution in [2.24, 2.45) is 17.1 Å². The van der Waals surface area contributed by atoms with Crippen LogP contribution in [0.4, 0.5) is 0 Å². The summed E-state index contributed by atoms with van der Waals surface area (Å²) in [6.45, 7) is 3.16. The normalized spacial score (nSPS) is 35.5. The van der Waals surface area contributed by atoms with E-state index in [9.17, 15) is 0 Å². The summed E-state index contributed by atoms with van der Waals surface area (Å²) >= 11 is 0. The largest absolute Gasteiger partial charge is 0.392 e. The molecule has 1 fully saturated rings. The highest BCUT2D eigenvalue weighted by Gasteiger charge is 2.29. The predicted octanol–water partition coefficient (Wildman–Crippen LogP) is 1.69. The van der Waals surface area contributed by atoms with Crippen LogP contribution in [-0.2, 0) is 0 Å². The zero-order valence-corrected chi connectivity index (χ0v) is 8.50. The Morgan fingerprint density at radius 2 is 2.08 bits per heavy atom. The maximum absolute atomic E-state index is 8.73. The van der Waals surface area contributed by atoms with E-state index in [0.29, 0.717) is 0 Å². The molecule has 3 N–H and O–H groups in total. The highest BCUT2D eigenvalue weighted by Crippen LogP contribution is 2.39. The Labute approximate surface area is 80.8 Å². The third-order valence-corrected chi connectivity index (χ3v) is 3.25. The first-order valence-corrected chi connectivity index (χ1v) is 5.21. The molecule has 0 aromatic carbocycles. The van der Waals surface area contributed by atoms with Gasteiger partial charge in [-0.05, 0) is 31.6 Å². The second kappa shape index (κ2) is 4.77. The van der Waals surface area contributed by atoms with Gasteiger partial charge in [-0.2, -0.15) is 0 Å². The summed E-state index contributed by atoms with van der Waals surface area (Å²) in [5, 5.41) is 8.73. The Morgan fingerprint density at radius 3 is 2.54 bits per heavy atom. The molecule has 0 heterocycles. The minimum atomic E-state index is 0.136. The molecule has 1 aliphatic carbocycles. The number of hydrogen-bond donors (Lipinski definition) is 2. The first kappa shape index (κ1) is 10.7. The number of aliphatic hydroxyl groups excluding tert-OH is 1. The standard InChI is InChI=1S/C11H21NO/c1-10-3-6-11(9-12,7-4-10)5-2-8-13/h2,5,10,13H,3-4,6-9,12H2,1H3. The van der Waals surface area contributed by atoms with Crippen LogP contribution in [0.3, 0.4) is 0 Å². The van der Waals surface area contributed by atoms with E-state index in [4.69, 9.17) is 10.8 Å². The van der Waals surface area contributed by atoms with Crippen LogP contribution in [-0.4, -0.2) is 18.3 Å². The van der Waals surface area contributed by atoms with Crippen molar-refractivity contribution >= 4 is 0 Å². The van der Waals surface area contributed by atoms with Gasteiger partial charge in [0.25, 0.3) is 0 Å². The van der Waals surface area contributed by atoms with Crippen molar-refractivity contribution in [3.63, 3.8) is 0 Å². The van der Waals surface area contributed by atoms with Crippen LogP contribution >= 0.6 is 0 Å². The number of nitrogens with two attached hydrogens (primary N) is 1. The van der Waals surface area contributed by atoms with Crippen LogP contribution in [0.5, 0.6) is 0 Å². The second-order valence-corrected chi connectivity index (χ2v) is 4.33. The average molecular weight is 183 g/mol. The van der Waals surface area contributed by atoms with Crippen molar-refractivity contribution in [1.29, 1.82) is 0 Å². The van der Waals surface area contributed by atoms with Crippen molar-refractivity contribution in [3.8, 4) is 0 Å². The van der Waals surface area contributed by atoms with Gasteiger partial charge in [0.15, 0.2) is 0 Å². The van der Waals surface area contributed by atoms with E-state index in [1.54, 1.807) is 0 Å². The third-order valence-electron chi connectivity index (χ3n) is 3.25. The first-order valence-electron chi connectivity index (χ1n) is 5.21. The molecular weight excluding hydrogens is 162 g/mol. The molecule has 0 saturated heterocycles. The minimum Gasteiger partial charge on any atom is -0.392 e. The molecule has 0 unspecified atom stereocenters. The van der Waals surface area contributed by atoms with Gasteiger partial charge in [0.05, 0.1) is 6.61 Å². The number of rotatable bonds is 3. The number of hydrogen-bond acceptors (Lipinski definition) is 2. The van der Waals surface area contributed by atoms with E-state index in [0.717, 1.165) is 12.5 Å². The van der Waals surface area contributed by atoms with Gasteiger partial charge in [0.2, 0.25) is 0 Å². The topological polar surface area (TPSA) is 46.2 Å². The summed E-state index contributed by atoms with van der Waals surface area (Å²) in [5.41, 5.74) is 5.98. The third kappa shape index (κ3) is 2.82. The van der Waals surface area contributed by atoms with Crippen molar-refractivity contribution in [3.05, 3.63) is 12.2 Å². The van der Waals surface area contributed by atoms with E-state index in [-0.39, 0.29) is 12.0 Å². The summed E-state index contributed by atoms with van der Waals surface area (Å²) in [5.74, 6) is 0.849. The lowest BCUT2D eigenvalue weighted by Crippen LogP contribution is -2.32. The number of aliphatic hydroxyl groups is 1. The molecule has 13 heavy (non-hydrogen) atoms. The van der Waals surface area contributed by atoms with Crippen LogP contribution in [0, 0.1) is 11.3 Å². The molecule has 1 saturated carbocycles. The van der Waals surface area contributed by atoms with Gasteiger partial charge in [-0.1, -0.05) is 19.1 Å². The lowest BCUT2D eigenvalue weighted by molar-refractivity contribution is 0.218. The van der Waals surface area contributed by atoms with Crippen molar-refractivity contribution in [2.75, 3.05) is 13.2 Å². The molecular formula is C11H21NO. The van der Waals surface area contributed by atoms with Gasteiger partial charge in [0, 0.05) is 12.0 Å². The minimum absolute atomic E-state index is 0.136. The van der Waals surface area contributed by atoms with Crippen molar-refractivity contribution < 1.29 is 5.11 Å². The molecule has 0 aromatic rings. The second-order valence-electron chi connectivity index (χ2n) is 4.33. The summed E-state index contributed by atoms with van der Waals surface area (Å²) in [4.78, 5) is 0. The van der Waals surface area contributed by atoms with Gasteiger partial charge in [0.1, 0.15) is 0 Å². The van der Waals surface area contributed by atoms with Crippen LogP contribution < -0.4 is 5.73 Å². The van der Waals surface area contributed by atoms with Gasteiger partial charge >= 0.3 is 0 Å². The lowest BCUT2D eigenvalue weighted by atomic mass is 9.71. The van der Waals surface area contributed by atoms with Crippen molar-refractivity contribution in [2.45, 2.75) is 32.6 Å². The van der Waals surface area contributed by atoms with Crippen LogP contribution in [0.25, 0.3) is 0 Å². The molecule has 0 amide bonds. The highest BCUT2D eigenvalue weighted by atomic mass is 16.2. The SMILES string of the molecule is CC1CCC(C=CCO)(CN)CC1. The van der Waals surface area contributed by atoms with E-state index >= 15 is 0 Å². The summed E-state index contributed by atoms with van der Waals surface area (Å²) in [6, 6.07) is 0. The van der Waals surface area contributed by atoms with Gasteiger partial charge in [-0.25, -0.2) is 0 Å². The zero-order valence-electron chi connectivity index (χ0n) is 8.50. The molecule has 0 aliphatic heterocycles. The van der Waals surface area contributed by atoms with E-state index in [2.05, 4.69) is 13.0 Å². The molecule has 76 valence electrons. The van der Waals surface area contributed by atoms with Crippen LogP contribution in [0.2, 0.25) is 0 Å². The monoisotopic (exact) mass is 183 g/mol. The highest BCUT2D eigenvalue weighted by molar-refractivity contribution is 5.02. The van der Waals surface area contributed by atoms with E-state index in [1.165, 1.54) is 25.7 Å². The molecule has 1 aliphatic rings. The quantitative estimate of drug-likeness (QED) is 0.654. The average Bonchev–Trinajstić information content (AvgIpc) is 2.18. The smallest absolute Gasteiger partial charge is 0.0612 e. The molecule has 2 nitrogen and oxygen atoms in total. The molecule has 0 aromatic heterocycles. The predicted molar refractivity (Wildman–Crippen MR) is 55.3 cm³/mol. The fraction of sp³-hybridized carbons (Fsp3) is 0.818. The molecule has 0 bridgehead atoms. The van der Waals surface area contributed by atoms with Gasteiger partial charge in [-0.3, -0.25) is 0 Å². The van der Waals surface area contributed by atoms with Gasteiger partial charge in [-0.15, -0.1) is 0 Å². The lowest BCUT2D eigenvalue weighted by Gasteiger charge is -2.36. The maximum atomic E-state index is 8.73. The first-order chi connectivity index (χ1) is 6.22. The Bertz CT molecular complexity index is 169. The Hall–Kier alpha value is -0.340. The Kier molecular flexibility index (Phi) is 3.94. The van der Waals surface area contributed by atoms with Crippen LogP contribution in [0.15, 0.2) is 12.2 Å². The van der Waals surface area contributed by atoms with E-state index in [1.807, 2.05) is 6.08 Å². The Morgan fingerprint density at radius 1 is 1.46 bits per heavy atom. The van der Waals surface area contributed by atoms with Crippen LogP contribution in [0.1, 0.15) is 32.6 Å². The fourth-order valence-electron chi connectivity index (χ4n) is 2.08. The summed E-state index contributed by atoms with van der Waals surface area (Å²) < 4.78 is 0. The van der Waals surface area contributed by atoms with Gasteiger partial charge < -0.3 is 10.8 Å². The summed E-state index contributed by atoms with van der Waals surface area (Å²) in [7, 11) is 0. The zero-order chi connectivity index (χ0) is 9.73. The summed E-state index contributed by atoms with van der Waals surface area (Å²) in [6.07, 6.45) is 8.87. The molecule has 1 rings (SSSR count). The van der Waals surface area contributed by atoms with Crippen molar-refractivity contribution in [1.82, 2.24) is 0 Å². The molecule has 0 spiro atoms.